The lowest BCUT2D eigenvalue weighted by Crippen LogP contribution is -2.33. The van der Waals surface area contributed by atoms with Crippen LogP contribution >= 0.6 is 24.4 Å². The predicted molar refractivity (Wildman–Crippen MR) is 37.4 cm³/mol. The first-order valence-corrected chi connectivity index (χ1v) is 4.08. The van der Waals surface area contributed by atoms with Gasteiger partial charge in [-0.3, -0.25) is 0 Å². The third-order valence-corrected chi connectivity index (χ3v) is 2.29. The van der Waals surface area contributed by atoms with E-state index in [0.717, 1.165) is 0 Å². The van der Waals surface area contributed by atoms with Crippen LogP contribution < -0.4 is 0 Å². The molecule has 0 aromatic heterocycles. The lowest BCUT2D eigenvalue weighted by molar-refractivity contribution is -0.110. The van der Waals surface area contributed by atoms with Crippen molar-refractivity contribution in [3.05, 3.63) is 0 Å². The molecule has 0 bridgehead atoms. The van der Waals surface area contributed by atoms with Crippen LogP contribution in [0.3, 0.4) is 0 Å². The van der Waals surface area contributed by atoms with E-state index in [2.05, 4.69) is 12.6 Å². The minimum Gasteiger partial charge on any atom is -0.186 e. The van der Waals surface area contributed by atoms with Gasteiger partial charge in [0.1, 0.15) is 0 Å². The summed E-state index contributed by atoms with van der Waals surface area (Å²) in [5.41, 5.74) is 0. The number of alkyl halides is 7. The smallest absolute Gasteiger partial charge is 0.186 e. The summed E-state index contributed by atoms with van der Waals surface area (Å²) in [6, 6.07) is 0. The normalized spacial score (nSPS) is 14.8. The second kappa shape index (κ2) is 3.76. The minimum absolute atomic E-state index is 1.19. The Labute approximate surface area is 78.3 Å². The zero-order valence-corrected chi connectivity index (χ0v) is 7.42. The van der Waals surface area contributed by atoms with Gasteiger partial charge in [-0.1, -0.05) is 24.4 Å². The van der Waals surface area contributed by atoms with Crippen LogP contribution in [0.1, 0.15) is 0 Å². The van der Waals surface area contributed by atoms with Crippen LogP contribution in [0.5, 0.6) is 0 Å². The van der Waals surface area contributed by atoms with Crippen molar-refractivity contribution in [3.8, 4) is 0 Å². The van der Waals surface area contributed by atoms with E-state index in [-0.39, 0.29) is 0 Å². The number of rotatable bonds is 3. The van der Waals surface area contributed by atoms with E-state index < -0.39 is 34.2 Å². The molecule has 0 saturated carbocycles. The Morgan fingerprint density at radius 1 is 0.923 bits per heavy atom. The first-order chi connectivity index (χ1) is 5.46. The van der Waals surface area contributed by atoms with Crippen molar-refractivity contribution in [3.63, 3.8) is 0 Å². The molecular formula is C4H3F7S2. The highest BCUT2D eigenvalue weighted by Crippen LogP contribution is 2.46. The summed E-state index contributed by atoms with van der Waals surface area (Å²) in [6.07, 6.45) is -4.91. The summed E-state index contributed by atoms with van der Waals surface area (Å²) in [5.74, 6) is -2.05. The van der Waals surface area contributed by atoms with Gasteiger partial charge in [-0.25, -0.2) is 0 Å². The van der Waals surface area contributed by atoms with Crippen molar-refractivity contribution < 1.29 is 30.7 Å². The van der Waals surface area contributed by atoms with Gasteiger partial charge in [-0.2, -0.15) is 30.7 Å². The molecule has 0 saturated heterocycles. The maximum Gasteiger partial charge on any atom is 0.398 e. The molecule has 0 fully saturated rings. The number of halogens is 7. The van der Waals surface area contributed by atoms with E-state index in [4.69, 9.17) is 0 Å². The highest BCUT2D eigenvalue weighted by Gasteiger charge is 2.55. The van der Waals surface area contributed by atoms with Crippen LogP contribution in [0.2, 0.25) is 0 Å². The summed E-state index contributed by atoms with van der Waals surface area (Å²) in [5, 5.41) is -9.59. The largest absolute Gasteiger partial charge is 0.398 e. The van der Waals surface area contributed by atoms with Crippen molar-refractivity contribution in [2.24, 2.45) is 0 Å². The fraction of sp³-hybridized carbons (Fsp3) is 1.00. The molecule has 0 N–H and O–H groups in total. The summed E-state index contributed by atoms with van der Waals surface area (Å²) in [6.45, 7) is 0. The van der Waals surface area contributed by atoms with Crippen molar-refractivity contribution >= 4 is 24.4 Å². The Kier molecular flexibility index (Phi) is 3.82. The molecule has 0 aliphatic carbocycles. The second-order valence-corrected chi connectivity index (χ2v) is 3.61. The Morgan fingerprint density at radius 2 is 1.31 bits per heavy atom. The van der Waals surface area contributed by atoms with Crippen molar-refractivity contribution in [2.75, 3.05) is 5.75 Å². The Bertz CT molecular complexity index is 168. The Hall–Kier alpha value is 0.210. The van der Waals surface area contributed by atoms with Gasteiger partial charge in [0.25, 0.3) is 0 Å². The molecule has 0 radical (unpaired) electrons. The molecule has 0 nitrogen and oxygen atoms in total. The summed E-state index contributed by atoms with van der Waals surface area (Å²) < 4.78 is 81.8. The number of thiol groups is 1. The zero-order chi connectivity index (χ0) is 10.9. The standard InChI is InChI=1S/C4H3F7S2/c5-2(6,7)1-13-4(10,11)3(8,9)12/h12H,1H2. The quantitative estimate of drug-likeness (QED) is 0.590. The van der Waals surface area contributed by atoms with Crippen LogP contribution in [0.15, 0.2) is 0 Å². The highest BCUT2D eigenvalue weighted by molar-refractivity contribution is 8.01. The van der Waals surface area contributed by atoms with Gasteiger partial charge in [0.05, 0.1) is 5.75 Å². The molecule has 0 aliphatic rings. The van der Waals surface area contributed by atoms with E-state index in [1.807, 2.05) is 0 Å². The van der Waals surface area contributed by atoms with Crippen LogP contribution in [-0.2, 0) is 0 Å². The maximum atomic E-state index is 12.1. The third-order valence-electron chi connectivity index (χ3n) is 0.767. The molecule has 9 heteroatoms. The molecular weight excluding hydrogens is 245 g/mol. The topological polar surface area (TPSA) is 0 Å². The molecule has 80 valence electrons. The zero-order valence-electron chi connectivity index (χ0n) is 5.71. The third kappa shape index (κ3) is 4.84. The fourth-order valence-corrected chi connectivity index (χ4v) is 0.972. The number of thioether (sulfide) groups is 1. The van der Waals surface area contributed by atoms with E-state index in [1.54, 1.807) is 0 Å². The fourth-order valence-electron chi connectivity index (χ4n) is 0.259. The van der Waals surface area contributed by atoms with Gasteiger partial charge in [-0.05, 0) is 0 Å². The average Bonchev–Trinajstić information content (AvgIpc) is 1.79. The van der Waals surface area contributed by atoms with Gasteiger partial charge >= 0.3 is 16.7 Å². The average molecular weight is 248 g/mol. The molecule has 0 atom stereocenters. The van der Waals surface area contributed by atoms with E-state index in [0.29, 0.717) is 0 Å². The molecule has 13 heavy (non-hydrogen) atoms. The van der Waals surface area contributed by atoms with Gasteiger partial charge in [0, 0.05) is 0 Å². The predicted octanol–water partition coefficient (Wildman–Crippen LogP) is 3.40. The van der Waals surface area contributed by atoms with E-state index >= 15 is 0 Å². The lowest BCUT2D eigenvalue weighted by atomic mass is 10.7. The molecule has 0 unspecified atom stereocenters. The molecule has 0 aromatic carbocycles. The van der Waals surface area contributed by atoms with E-state index in [1.165, 1.54) is 0 Å². The van der Waals surface area contributed by atoms with Gasteiger partial charge in [0.15, 0.2) is 0 Å². The van der Waals surface area contributed by atoms with E-state index in [9.17, 15) is 30.7 Å². The molecule has 0 rings (SSSR count). The molecule has 0 heterocycles. The van der Waals surface area contributed by atoms with Crippen LogP contribution in [0, 0.1) is 0 Å². The van der Waals surface area contributed by atoms with Crippen LogP contribution in [0.25, 0.3) is 0 Å². The molecule has 0 spiro atoms. The molecule has 0 aromatic rings. The summed E-state index contributed by atoms with van der Waals surface area (Å²) in [7, 11) is 0. The van der Waals surface area contributed by atoms with Crippen molar-refractivity contribution in [1.29, 1.82) is 0 Å². The number of hydrogen-bond acceptors (Lipinski definition) is 2. The van der Waals surface area contributed by atoms with Gasteiger partial charge in [-0.15, -0.1) is 0 Å². The maximum absolute atomic E-state index is 12.1. The summed E-state index contributed by atoms with van der Waals surface area (Å²) in [4.78, 5) is 0. The minimum atomic E-state index is -4.91. The van der Waals surface area contributed by atoms with Gasteiger partial charge in [0.2, 0.25) is 0 Å². The van der Waals surface area contributed by atoms with Crippen LogP contribution in [0.4, 0.5) is 30.7 Å². The highest BCUT2D eigenvalue weighted by atomic mass is 32.2. The van der Waals surface area contributed by atoms with Crippen LogP contribution in [-0.4, -0.2) is 22.4 Å². The first kappa shape index (κ1) is 13.2. The van der Waals surface area contributed by atoms with Gasteiger partial charge < -0.3 is 0 Å². The number of hydrogen-bond donors (Lipinski definition) is 1. The van der Waals surface area contributed by atoms with Crippen molar-refractivity contribution in [2.45, 2.75) is 16.7 Å². The summed E-state index contributed by atoms with van der Waals surface area (Å²) >= 11 is 1.00. The Morgan fingerprint density at radius 3 is 1.54 bits per heavy atom. The SMILES string of the molecule is FC(F)(F)CSC(F)(F)C(F)(F)S. The van der Waals surface area contributed by atoms with Crippen molar-refractivity contribution in [1.82, 2.24) is 0 Å². The lowest BCUT2D eigenvalue weighted by Gasteiger charge is -2.21. The first-order valence-electron chi connectivity index (χ1n) is 2.64. The second-order valence-electron chi connectivity index (χ2n) is 1.96. The Balaban J connectivity index is 4.21. The molecule has 0 aliphatic heterocycles. The monoisotopic (exact) mass is 248 g/mol. The molecule has 0 amide bonds.